The van der Waals surface area contributed by atoms with Crippen LogP contribution in [0.5, 0.6) is 0 Å². The van der Waals surface area contributed by atoms with Gasteiger partial charge in [-0.1, -0.05) is 42.6 Å². The first-order valence-corrected chi connectivity index (χ1v) is 8.34. The maximum atomic E-state index is 11.7. The molecule has 2 fully saturated rings. The van der Waals surface area contributed by atoms with Crippen molar-refractivity contribution in [3.63, 3.8) is 0 Å². The predicted molar refractivity (Wildman–Crippen MR) is 76.7 cm³/mol. The van der Waals surface area contributed by atoms with Crippen LogP contribution < -0.4 is 0 Å². The zero-order valence-electron chi connectivity index (χ0n) is 11.5. The Hall–Kier alpha value is -0.0500. The van der Waals surface area contributed by atoms with E-state index >= 15 is 0 Å². The molecule has 1 aliphatic carbocycles. The van der Waals surface area contributed by atoms with E-state index < -0.39 is 0 Å². The van der Waals surface area contributed by atoms with E-state index in [1.54, 1.807) is 0 Å². The number of esters is 1. The number of ether oxygens (including phenoxy) is 1. The summed E-state index contributed by atoms with van der Waals surface area (Å²) in [6, 6.07) is 0. The maximum absolute atomic E-state index is 11.7. The standard InChI is InChI=1S/C15H25BrO2/c1-10(2)13-9-12(18-15(13)17)8-7-11-5-3-4-6-14(11)16/h10-14H,3-9H2,1-2H3/t11?,12-,13-,14+/m0/s1. The molecule has 1 heterocycles. The normalized spacial score (nSPS) is 37.0. The van der Waals surface area contributed by atoms with E-state index in [0.29, 0.717) is 10.7 Å². The van der Waals surface area contributed by atoms with E-state index in [2.05, 4.69) is 29.8 Å². The van der Waals surface area contributed by atoms with Crippen LogP contribution in [0.25, 0.3) is 0 Å². The van der Waals surface area contributed by atoms with Gasteiger partial charge in [-0.3, -0.25) is 4.79 Å². The van der Waals surface area contributed by atoms with Crippen LogP contribution in [0.3, 0.4) is 0 Å². The van der Waals surface area contributed by atoms with Crippen LogP contribution in [-0.2, 0) is 9.53 Å². The van der Waals surface area contributed by atoms with Crippen LogP contribution >= 0.6 is 15.9 Å². The average molecular weight is 317 g/mol. The van der Waals surface area contributed by atoms with Gasteiger partial charge in [-0.05, 0) is 43.9 Å². The number of alkyl halides is 1. The molecule has 0 amide bonds. The minimum Gasteiger partial charge on any atom is -0.462 e. The number of cyclic esters (lactones) is 1. The lowest BCUT2D eigenvalue weighted by Gasteiger charge is -2.27. The second-order valence-corrected chi connectivity index (χ2v) is 7.46. The van der Waals surface area contributed by atoms with Gasteiger partial charge in [0.25, 0.3) is 0 Å². The largest absolute Gasteiger partial charge is 0.462 e. The fourth-order valence-electron chi connectivity index (χ4n) is 3.29. The minimum atomic E-state index is 0.0361. The molecule has 0 spiro atoms. The zero-order valence-corrected chi connectivity index (χ0v) is 13.1. The van der Waals surface area contributed by atoms with Gasteiger partial charge in [-0.15, -0.1) is 0 Å². The lowest BCUT2D eigenvalue weighted by molar-refractivity contribution is -0.145. The first-order chi connectivity index (χ1) is 8.58. The van der Waals surface area contributed by atoms with Gasteiger partial charge in [0.1, 0.15) is 6.10 Å². The van der Waals surface area contributed by atoms with Crippen molar-refractivity contribution < 1.29 is 9.53 Å². The van der Waals surface area contributed by atoms with Crippen molar-refractivity contribution in [2.75, 3.05) is 0 Å². The number of rotatable bonds is 4. The summed E-state index contributed by atoms with van der Waals surface area (Å²) in [6.45, 7) is 4.23. The van der Waals surface area contributed by atoms with Crippen LogP contribution in [-0.4, -0.2) is 16.9 Å². The Morgan fingerprint density at radius 1 is 1.28 bits per heavy atom. The highest BCUT2D eigenvalue weighted by molar-refractivity contribution is 9.09. The molecule has 0 N–H and O–H groups in total. The van der Waals surface area contributed by atoms with Crippen molar-refractivity contribution in [2.45, 2.75) is 69.7 Å². The van der Waals surface area contributed by atoms with Crippen LogP contribution in [0.4, 0.5) is 0 Å². The molecule has 2 aliphatic rings. The average Bonchev–Trinajstić information content (AvgIpc) is 2.70. The summed E-state index contributed by atoms with van der Waals surface area (Å²) in [4.78, 5) is 12.4. The first kappa shape index (κ1) is 14.4. The molecule has 1 aliphatic heterocycles. The SMILES string of the molecule is CC(C)[C@@H]1C[C@H](CCC2CCCC[C@H]2Br)OC1=O. The smallest absolute Gasteiger partial charge is 0.309 e. The molecule has 104 valence electrons. The highest BCUT2D eigenvalue weighted by Gasteiger charge is 2.36. The van der Waals surface area contributed by atoms with E-state index in [-0.39, 0.29) is 18.0 Å². The monoisotopic (exact) mass is 316 g/mol. The zero-order chi connectivity index (χ0) is 13.1. The van der Waals surface area contributed by atoms with Crippen molar-refractivity contribution in [2.24, 2.45) is 17.8 Å². The van der Waals surface area contributed by atoms with E-state index in [4.69, 9.17) is 4.74 Å². The molecule has 1 saturated carbocycles. The summed E-state index contributed by atoms with van der Waals surface area (Å²) in [7, 11) is 0. The van der Waals surface area contributed by atoms with Crippen LogP contribution in [0.2, 0.25) is 0 Å². The van der Waals surface area contributed by atoms with Gasteiger partial charge in [-0.25, -0.2) is 0 Å². The lowest BCUT2D eigenvalue weighted by Crippen LogP contribution is -2.21. The highest BCUT2D eigenvalue weighted by atomic mass is 79.9. The topological polar surface area (TPSA) is 26.3 Å². The third-order valence-electron chi connectivity index (χ3n) is 4.58. The van der Waals surface area contributed by atoms with E-state index in [1.807, 2.05) is 0 Å². The molecule has 1 saturated heterocycles. The summed E-state index contributed by atoms with van der Waals surface area (Å²) >= 11 is 3.80. The van der Waals surface area contributed by atoms with E-state index in [1.165, 1.54) is 32.1 Å². The molecular formula is C15H25BrO2. The minimum absolute atomic E-state index is 0.0361. The molecule has 0 aromatic rings. The first-order valence-electron chi connectivity index (χ1n) is 7.42. The summed E-state index contributed by atoms with van der Waals surface area (Å²) in [6.07, 6.45) is 8.77. The molecule has 0 aromatic carbocycles. The van der Waals surface area contributed by atoms with Crippen LogP contribution in [0.15, 0.2) is 0 Å². The Morgan fingerprint density at radius 3 is 2.61 bits per heavy atom. The second-order valence-electron chi connectivity index (χ2n) is 6.28. The molecule has 0 aromatic heterocycles. The van der Waals surface area contributed by atoms with Crippen molar-refractivity contribution in [1.29, 1.82) is 0 Å². The fraction of sp³-hybridized carbons (Fsp3) is 0.933. The molecule has 0 radical (unpaired) electrons. The second kappa shape index (κ2) is 6.40. The fourth-order valence-corrected chi connectivity index (χ4v) is 4.14. The Labute approximate surface area is 119 Å². The molecule has 2 rings (SSSR count). The molecule has 1 unspecified atom stereocenters. The van der Waals surface area contributed by atoms with Crippen LogP contribution in [0, 0.1) is 17.8 Å². The third-order valence-corrected chi connectivity index (χ3v) is 5.79. The van der Waals surface area contributed by atoms with Gasteiger partial charge in [0.05, 0.1) is 5.92 Å². The highest BCUT2D eigenvalue weighted by Crippen LogP contribution is 2.36. The van der Waals surface area contributed by atoms with Gasteiger partial charge in [0, 0.05) is 4.83 Å². The Bertz CT molecular complexity index is 290. The molecule has 0 bridgehead atoms. The summed E-state index contributed by atoms with van der Waals surface area (Å²) in [5.74, 6) is 1.38. The van der Waals surface area contributed by atoms with E-state index in [0.717, 1.165) is 18.8 Å². The Balaban J connectivity index is 1.76. The number of hydrogen-bond donors (Lipinski definition) is 0. The van der Waals surface area contributed by atoms with Crippen LogP contribution in [0.1, 0.15) is 58.8 Å². The van der Waals surface area contributed by atoms with Gasteiger partial charge in [-0.2, -0.15) is 0 Å². The summed E-state index contributed by atoms with van der Waals surface area (Å²) < 4.78 is 5.51. The quantitative estimate of drug-likeness (QED) is 0.570. The van der Waals surface area contributed by atoms with Gasteiger partial charge in [0.2, 0.25) is 0 Å². The molecular weight excluding hydrogens is 292 g/mol. The van der Waals surface area contributed by atoms with E-state index in [9.17, 15) is 4.79 Å². The predicted octanol–water partition coefficient (Wildman–Crippen LogP) is 4.31. The van der Waals surface area contributed by atoms with Crippen molar-refractivity contribution in [3.8, 4) is 0 Å². The summed E-state index contributed by atoms with van der Waals surface area (Å²) in [5, 5.41) is 0. The number of carbonyl (C=O) groups excluding carboxylic acids is 1. The van der Waals surface area contributed by atoms with Gasteiger partial charge in [0.15, 0.2) is 0 Å². The number of carbonyl (C=O) groups is 1. The lowest BCUT2D eigenvalue weighted by atomic mass is 9.84. The number of hydrogen-bond acceptors (Lipinski definition) is 2. The van der Waals surface area contributed by atoms with Crippen molar-refractivity contribution >= 4 is 21.9 Å². The third kappa shape index (κ3) is 3.49. The molecule has 2 nitrogen and oxygen atoms in total. The molecule has 3 heteroatoms. The maximum Gasteiger partial charge on any atom is 0.309 e. The molecule has 18 heavy (non-hydrogen) atoms. The van der Waals surface area contributed by atoms with Crippen molar-refractivity contribution in [1.82, 2.24) is 0 Å². The van der Waals surface area contributed by atoms with Crippen molar-refractivity contribution in [3.05, 3.63) is 0 Å². The van der Waals surface area contributed by atoms with Gasteiger partial charge < -0.3 is 4.74 Å². The Morgan fingerprint density at radius 2 is 2.00 bits per heavy atom. The van der Waals surface area contributed by atoms with Gasteiger partial charge >= 0.3 is 5.97 Å². The summed E-state index contributed by atoms with van der Waals surface area (Å²) in [5.41, 5.74) is 0. The molecule has 4 atom stereocenters. The number of halogens is 1. The Kier molecular flexibility index (Phi) is 5.11.